The van der Waals surface area contributed by atoms with Crippen molar-refractivity contribution >= 4 is 17.3 Å². The first-order valence-electron chi connectivity index (χ1n) is 13.2. The highest BCUT2D eigenvalue weighted by Crippen LogP contribution is 2.26. The lowest BCUT2D eigenvalue weighted by Gasteiger charge is -2.21. The van der Waals surface area contributed by atoms with E-state index in [2.05, 4.69) is 26.9 Å². The summed E-state index contributed by atoms with van der Waals surface area (Å²) in [5, 5.41) is 6.16. The van der Waals surface area contributed by atoms with Crippen LogP contribution in [0.25, 0.3) is 5.57 Å². The average molecular weight is 559 g/mol. The molecule has 1 aromatic heterocycles. The third kappa shape index (κ3) is 8.84. The van der Waals surface area contributed by atoms with Gasteiger partial charge in [0.15, 0.2) is 11.3 Å². The molecule has 3 rings (SSSR count). The van der Waals surface area contributed by atoms with E-state index >= 15 is 0 Å². The molecular weight excluding hydrogens is 521 g/mol. The standard InChI is InChI=1S/C29H37F3N6O2/c1-5-6-9-23(24-18-35-26(33)27(38(24)4)36-17-22-8-7-12-34-15-22)14-20(3)28(39)37-16-21-10-11-25(19(2)13-21)40-29(30,31)32/h5-6,10-11,13-14,18,22,34H,3,7-9,12,15-17H2,1-2,4H3,(H2,33,35)(H,37,39)/b6-5-,23-14+,36-27?. The second-order valence-corrected chi connectivity index (χ2v) is 9.76. The van der Waals surface area contributed by atoms with Gasteiger partial charge in [-0.1, -0.05) is 30.9 Å². The molecule has 8 nitrogen and oxygen atoms in total. The van der Waals surface area contributed by atoms with Crippen molar-refractivity contribution in [2.45, 2.75) is 46.0 Å². The largest absolute Gasteiger partial charge is 0.573 e. The summed E-state index contributed by atoms with van der Waals surface area (Å²) in [7, 11) is 1.87. The van der Waals surface area contributed by atoms with Gasteiger partial charge < -0.3 is 25.7 Å². The molecule has 11 heteroatoms. The smallest absolute Gasteiger partial charge is 0.406 e. The van der Waals surface area contributed by atoms with E-state index in [0.29, 0.717) is 41.3 Å². The predicted octanol–water partition coefficient (Wildman–Crippen LogP) is 4.33. The Hall–Kier alpha value is -3.86. The van der Waals surface area contributed by atoms with Gasteiger partial charge in [-0.15, -0.1) is 13.2 Å². The summed E-state index contributed by atoms with van der Waals surface area (Å²) < 4.78 is 43.5. The van der Waals surface area contributed by atoms with Crippen LogP contribution in [0.15, 0.2) is 59.8 Å². The molecule has 0 saturated carbocycles. The van der Waals surface area contributed by atoms with Gasteiger partial charge in [-0.05, 0) is 81.0 Å². The van der Waals surface area contributed by atoms with Gasteiger partial charge in [0.2, 0.25) is 0 Å². The quantitative estimate of drug-likeness (QED) is 0.229. The van der Waals surface area contributed by atoms with Crippen molar-refractivity contribution in [3.05, 3.63) is 77.1 Å². The van der Waals surface area contributed by atoms with Crippen molar-refractivity contribution in [2.24, 2.45) is 18.0 Å². The van der Waals surface area contributed by atoms with Crippen LogP contribution < -0.4 is 26.6 Å². The molecule has 40 heavy (non-hydrogen) atoms. The van der Waals surface area contributed by atoms with Gasteiger partial charge in [0, 0.05) is 25.7 Å². The van der Waals surface area contributed by atoms with Crippen molar-refractivity contribution in [3.8, 4) is 5.75 Å². The minimum atomic E-state index is -4.77. The first-order chi connectivity index (χ1) is 19.0. The number of hydrogen-bond acceptors (Lipinski definition) is 6. The molecule has 0 bridgehead atoms. The van der Waals surface area contributed by atoms with Crippen molar-refractivity contribution in [2.75, 3.05) is 25.4 Å². The Morgan fingerprint density at radius 3 is 2.83 bits per heavy atom. The van der Waals surface area contributed by atoms with Crippen LogP contribution in [0, 0.1) is 12.8 Å². The third-order valence-electron chi connectivity index (χ3n) is 6.59. The molecule has 1 aliphatic rings. The fraction of sp³-hybridized carbons (Fsp3) is 0.414. The summed E-state index contributed by atoms with van der Waals surface area (Å²) in [5.74, 6) is 0.0800. The topological polar surface area (TPSA) is 107 Å². The number of nitrogens with one attached hydrogen (secondary N) is 2. The van der Waals surface area contributed by atoms with Gasteiger partial charge in [-0.25, -0.2) is 4.98 Å². The van der Waals surface area contributed by atoms with Crippen LogP contribution in [-0.2, 0) is 18.4 Å². The number of halogens is 3. The summed E-state index contributed by atoms with van der Waals surface area (Å²) in [5.41, 5.74) is 9.46. The van der Waals surface area contributed by atoms with Crippen molar-refractivity contribution in [1.29, 1.82) is 0 Å². The molecule has 4 N–H and O–H groups in total. The minimum Gasteiger partial charge on any atom is -0.406 e. The highest BCUT2D eigenvalue weighted by atomic mass is 19.4. The Morgan fingerprint density at radius 2 is 2.17 bits per heavy atom. The number of piperidine rings is 1. The van der Waals surface area contributed by atoms with Gasteiger partial charge in [-0.3, -0.25) is 9.79 Å². The van der Waals surface area contributed by atoms with Crippen LogP contribution in [0.4, 0.5) is 19.0 Å². The zero-order valence-corrected chi connectivity index (χ0v) is 23.1. The van der Waals surface area contributed by atoms with Crippen molar-refractivity contribution in [3.63, 3.8) is 0 Å². The summed E-state index contributed by atoms with van der Waals surface area (Å²) in [6.07, 6.45) is 5.22. The number of aromatic nitrogens is 2. The van der Waals surface area contributed by atoms with Crippen LogP contribution in [0.2, 0.25) is 0 Å². The number of allylic oxidation sites excluding steroid dienone is 3. The van der Waals surface area contributed by atoms with E-state index in [-0.39, 0.29) is 17.9 Å². The SMILES string of the molecule is C=C(/C=C(\C/C=C\C)c1cnc(N)c(=NCC2CCCNC2)n1C)C(=O)NCc1ccc(OC(F)(F)F)c(C)c1. The second kappa shape index (κ2) is 14.0. The third-order valence-corrected chi connectivity index (χ3v) is 6.59. The number of nitrogen functional groups attached to an aromatic ring is 1. The highest BCUT2D eigenvalue weighted by Gasteiger charge is 2.31. The van der Waals surface area contributed by atoms with Gasteiger partial charge in [-0.2, -0.15) is 0 Å². The molecule has 0 spiro atoms. The molecule has 1 aliphatic heterocycles. The van der Waals surface area contributed by atoms with Crippen LogP contribution in [0.3, 0.4) is 0 Å². The lowest BCUT2D eigenvalue weighted by atomic mass is 10.0. The number of carbonyl (C=O) groups is 1. The molecule has 1 amide bonds. The molecular formula is C29H37F3N6O2. The zero-order chi connectivity index (χ0) is 29.3. The first-order valence-corrected chi connectivity index (χ1v) is 13.2. The number of aryl methyl sites for hydroxylation is 1. The summed E-state index contributed by atoms with van der Waals surface area (Å²) in [6.45, 7) is 10.1. The van der Waals surface area contributed by atoms with E-state index in [0.717, 1.165) is 37.2 Å². The monoisotopic (exact) mass is 558 g/mol. The van der Waals surface area contributed by atoms with Gasteiger partial charge in [0.1, 0.15) is 5.75 Å². The molecule has 2 heterocycles. The van der Waals surface area contributed by atoms with E-state index in [9.17, 15) is 18.0 Å². The molecule has 1 atom stereocenters. The lowest BCUT2D eigenvalue weighted by Crippen LogP contribution is -2.33. The van der Waals surface area contributed by atoms with Crippen LogP contribution >= 0.6 is 0 Å². The van der Waals surface area contributed by atoms with Gasteiger partial charge in [0.25, 0.3) is 5.91 Å². The Morgan fingerprint density at radius 1 is 1.40 bits per heavy atom. The fourth-order valence-corrected chi connectivity index (χ4v) is 4.46. The maximum Gasteiger partial charge on any atom is 0.573 e. The number of alkyl halides is 3. The Balaban J connectivity index is 1.78. The number of amides is 1. The lowest BCUT2D eigenvalue weighted by molar-refractivity contribution is -0.274. The maximum atomic E-state index is 12.9. The number of nitrogens with zero attached hydrogens (tertiary/aromatic N) is 3. The number of rotatable bonds is 10. The van der Waals surface area contributed by atoms with Gasteiger partial charge >= 0.3 is 6.36 Å². The summed E-state index contributed by atoms with van der Waals surface area (Å²) >= 11 is 0. The maximum absolute atomic E-state index is 12.9. The Labute approximate surface area is 232 Å². The Bertz CT molecular complexity index is 1340. The molecule has 1 unspecified atom stereocenters. The molecule has 1 saturated heterocycles. The van der Waals surface area contributed by atoms with Gasteiger partial charge in [0.05, 0.1) is 11.9 Å². The van der Waals surface area contributed by atoms with Crippen molar-refractivity contribution < 1.29 is 22.7 Å². The number of nitrogens with two attached hydrogens (primary N) is 1. The van der Waals surface area contributed by atoms with E-state index in [1.165, 1.54) is 25.1 Å². The van der Waals surface area contributed by atoms with Crippen LogP contribution in [0.5, 0.6) is 5.75 Å². The number of ether oxygens (including phenoxy) is 1. The number of carbonyl (C=O) groups excluding carboxylic acids is 1. The predicted molar refractivity (Wildman–Crippen MR) is 150 cm³/mol. The van der Waals surface area contributed by atoms with E-state index in [1.807, 2.05) is 30.7 Å². The van der Waals surface area contributed by atoms with E-state index in [4.69, 9.17) is 10.7 Å². The average Bonchev–Trinajstić information content (AvgIpc) is 2.91. The zero-order valence-electron chi connectivity index (χ0n) is 23.1. The fourth-order valence-electron chi connectivity index (χ4n) is 4.46. The van der Waals surface area contributed by atoms with E-state index in [1.54, 1.807) is 12.3 Å². The van der Waals surface area contributed by atoms with Crippen LogP contribution in [-0.4, -0.2) is 41.5 Å². The molecule has 0 aliphatic carbocycles. The molecule has 1 fully saturated rings. The molecule has 2 aromatic rings. The molecule has 1 aromatic carbocycles. The second-order valence-electron chi connectivity index (χ2n) is 9.76. The summed E-state index contributed by atoms with van der Waals surface area (Å²) in [6, 6.07) is 4.24. The van der Waals surface area contributed by atoms with E-state index < -0.39 is 12.3 Å². The van der Waals surface area contributed by atoms with Crippen molar-refractivity contribution in [1.82, 2.24) is 20.2 Å². The number of hydrogen-bond donors (Lipinski definition) is 3. The number of benzene rings is 1. The first kappa shape index (κ1) is 30.7. The summed E-state index contributed by atoms with van der Waals surface area (Å²) in [4.78, 5) is 22.0. The molecule has 216 valence electrons. The molecule has 0 radical (unpaired) electrons. The number of anilines is 1. The van der Waals surface area contributed by atoms with Crippen LogP contribution in [0.1, 0.15) is 43.0 Å². The minimum absolute atomic E-state index is 0.110. The Kier molecular flexibility index (Phi) is 10.7. The highest BCUT2D eigenvalue weighted by molar-refractivity contribution is 5.97. The normalized spacial score (nSPS) is 16.8.